The first-order chi connectivity index (χ1) is 10.1. The van der Waals surface area contributed by atoms with Gasteiger partial charge in [-0.05, 0) is 30.7 Å². The molecule has 21 heavy (non-hydrogen) atoms. The van der Waals surface area contributed by atoms with Gasteiger partial charge in [-0.3, -0.25) is 0 Å². The van der Waals surface area contributed by atoms with Crippen molar-refractivity contribution in [2.24, 2.45) is 0 Å². The van der Waals surface area contributed by atoms with Crippen LogP contribution in [0.5, 0.6) is 0 Å². The van der Waals surface area contributed by atoms with E-state index in [9.17, 15) is 5.11 Å². The molecule has 0 fully saturated rings. The fraction of sp³-hybridized carbons (Fsp3) is 0.125. The Balaban J connectivity index is 1.99. The van der Waals surface area contributed by atoms with Crippen LogP contribution in [0.1, 0.15) is 18.6 Å². The predicted molar refractivity (Wildman–Crippen MR) is 85.7 cm³/mol. The van der Waals surface area contributed by atoms with Gasteiger partial charge in [0.2, 0.25) is 0 Å². The topological polar surface area (TPSA) is 46.0 Å². The van der Waals surface area contributed by atoms with Crippen LogP contribution in [0.25, 0.3) is 10.9 Å². The lowest BCUT2D eigenvalue weighted by Crippen LogP contribution is -1.91. The van der Waals surface area contributed by atoms with Crippen molar-refractivity contribution in [2.75, 3.05) is 0 Å². The molecule has 0 unspecified atom stereocenters. The zero-order chi connectivity index (χ0) is 14.8. The van der Waals surface area contributed by atoms with Gasteiger partial charge >= 0.3 is 0 Å². The summed E-state index contributed by atoms with van der Waals surface area (Å²) in [5.74, 6) is 0. The van der Waals surface area contributed by atoms with Gasteiger partial charge in [-0.1, -0.05) is 47.6 Å². The van der Waals surface area contributed by atoms with E-state index in [1.165, 1.54) is 11.8 Å². The highest BCUT2D eigenvalue weighted by Crippen LogP contribution is 2.36. The summed E-state index contributed by atoms with van der Waals surface area (Å²) in [5.41, 5.74) is 1.71. The third-order valence-electron chi connectivity index (χ3n) is 3.15. The molecule has 3 nitrogen and oxygen atoms in total. The van der Waals surface area contributed by atoms with Crippen LogP contribution in [0, 0.1) is 0 Å². The molecule has 3 rings (SSSR count). The maximum Gasteiger partial charge on any atom is 0.117 e. The molecule has 106 valence electrons. The van der Waals surface area contributed by atoms with Crippen LogP contribution in [-0.2, 0) is 0 Å². The standard InChI is InChI=1S/C16H13ClN2OS/c1-10(20)11-6-7-15(13(17)8-11)21-16-12-4-2-3-5-14(12)18-9-19-16/h2-10,20H,1H3/t10-/m1/s1. The van der Waals surface area contributed by atoms with Gasteiger partial charge in [0.05, 0.1) is 16.6 Å². The lowest BCUT2D eigenvalue weighted by Gasteiger charge is -2.09. The van der Waals surface area contributed by atoms with Crippen LogP contribution in [0.4, 0.5) is 0 Å². The largest absolute Gasteiger partial charge is 0.389 e. The van der Waals surface area contributed by atoms with E-state index >= 15 is 0 Å². The number of nitrogens with zero attached hydrogens (tertiary/aromatic N) is 2. The maximum atomic E-state index is 9.58. The number of benzene rings is 2. The highest BCUT2D eigenvalue weighted by Gasteiger charge is 2.10. The molecular formula is C16H13ClN2OS. The van der Waals surface area contributed by atoms with Crippen LogP contribution in [-0.4, -0.2) is 15.1 Å². The molecule has 1 N–H and O–H groups in total. The van der Waals surface area contributed by atoms with Crippen molar-refractivity contribution in [3.63, 3.8) is 0 Å². The second kappa shape index (κ2) is 6.02. The maximum absolute atomic E-state index is 9.58. The first-order valence-electron chi connectivity index (χ1n) is 6.50. The van der Waals surface area contributed by atoms with Crippen molar-refractivity contribution >= 4 is 34.3 Å². The quantitative estimate of drug-likeness (QED) is 0.723. The molecule has 0 bridgehead atoms. The third kappa shape index (κ3) is 3.02. The van der Waals surface area contributed by atoms with Crippen molar-refractivity contribution in [2.45, 2.75) is 22.9 Å². The van der Waals surface area contributed by atoms with E-state index in [1.807, 2.05) is 36.4 Å². The monoisotopic (exact) mass is 316 g/mol. The Kier molecular flexibility index (Phi) is 4.10. The Morgan fingerprint density at radius 2 is 1.95 bits per heavy atom. The summed E-state index contributed by atoms with van der Waals surface area (Å²) in [7, 11) is 0. The fourth-order valence-corrected chi connectivity index (χ4v) is 3.21. The molecule has 0 saturated carbocycles. The van der Waals surface area contributed by atoms with Crippen LogP contribution in [0.2, 0.25) is 5.02 Å². The number of aliphatic hydroxyl groups excluding tert-OH is 1. The summed E-state index contributed by atoms with van der Waals surface area (Å²) in [6, 6.07) is 13.4. The van der Waals surface area contributed by atoms with Gasteiger partial charge in [0.1, 0.15) is 11.4 Å². The highest BCUT2D eigenvalue weighted by molar-refractivity contribution is 7.99. The van der Waals surface area contributed by atoms with Crippen LogP contribution >= 0.6 is 23.4 Å². The summed E-state index contributed by atoms with van der Waals surface area (Å²) < 4.78 is 0. The number of rotatable bonds is 3. The van der Waals surface area contributed by atoms with Gasteiger partial charge < -0.3 is 5.11 Å². The minimum absolute atomic E-state index is 0.526. The Bertz CT molecular complexity index is 787. The normalized spacial score (nSPS) is 12.5. The van der Waals surface area contributed by atoms with E-state index in [4.69, 9.17) is 11.6 Å². The van der Waals surface area contributed by atoms with Crippen molar-refractivity contribution in [1.82, 2.24) is 9.97 Å². The first kappa shape index (κ1) is 14.3. The van der Waals surface area contributed by atoms with Crippen LogP contribution in [0.15, 0.2) is 58.7 Å². The molecule has 0 aliphatic heterocycles. The summed E-state index contributed by atoms with van der Waals surface area (Å²) >= 11 is 7.80. The van der Waals surface area contributed by atoms with Gasteiger partial charge in [-0.15, -0.1) is 0 Å². The van der Waals surface area contributed by atoms with Crippen molar-refractivity contribution in [1.29, 1.82) is 0 Å². The van der Waals surface area contributed by atoms with E-state index in [0.717, 1.165) is 26.4 Å². The molecular weight excluding hydrogens is 304 g/mol. The Labute approximate surface area is 132 Å². The van der Waals surface area contributed by atoms with Crippen molar-refractivity contribution < 1.29 is 5.11 Å². The van der Waals surface area contributed by atoms with Gasteiger partial charge in [0.25, 0.3) is 0 Å². The average molecular weight is 317 g/mol. The molecule has 0 amide bonds. The zero-order valence-electron chi connectivity index (χ0n) is 11.3. The molecule has 1 aromatic heterocycles. The molecule has 5 heteroatoms. The Morgan fingerprint density at radius 3 is 2.71 bits per heavy atom. The van der Waals surface area contributed by atoms with E-state index < -0.39 is 6.10 Å². The van der Waals surface area contributed by atoms with Crippen LogP contribution in [0.3, 0.4) is 0 Å². The molecule has 3 aromatic rings. The molecule has 0 aliphatic carbocycles. The average Bonchev–Trinajstić information content (AvgIpc) is 2.49. The van der Waals surface area contributed by atoms with Gasteiger partial charge in [-0.25, -0.2) is 9.97 Å². The number of hydrogen-bond donors (Lipinski definition) is 1. The van der Waals surface area contributed by atoms with E-state index in [2.05, 4.69) is 9.97 Å². The minimum Gasteiger partial charge on any atom is -0.389 e. The van der Waals surface area contributed by atoms with Crippen LogP contribution < -0.4 is 0 Å². The molecule has 0 radical (unpaired) electrons. The first-order valence-corrected chi connectivity index (χ1v) is 7.69. The number of aliphatic hydroxyl groups is 1. The second-order valence-corrected chi connectivity index (χ2v) is 6.10. The second-order valence-electron chi connectivity index (χ2n) is 4.66. The summed E-state index contributed by atoms with van der Waals surface area (Å²) in [5, 5.41) is 12.1. The molecule has 1 heterocycles. The Hall–Kier alpha value is -1.62. The number of hydrogen-bond acceptors (Lipinski definition) is 4. The fourth-order valence-electron chi connectivity index (χ4n) is 2.03. The van der Waals surface area contributed by atoms with E-state index in [-0.39, 0.29) is 0 Å². The van der Waals surface area contributed by atoms with Gasteiger partial charge in [0, 0.05) is 10.3 Å². The van der Waals surface area contributed by atoms with Crippen molar-refractivity contribution in [3.05, 3.63) is 59.4 Å². The lowest BCUT2D eigenvalue weighted by molar-refractivity contribution is 0.199. The van der Waals surface area contributed by atoms with Gasteiger partial charge in [0.15, 0.2) is 0 Å². The minimum atomic E-state index is -0.526. The molecule has 0 spiro atoms. The molecule has 0 aliphatic rings. The van der Waals surface area contributed by atoms with Gasteiger partial charge in [-0.2, -0.15) is 0 Å². The molecule has 1 atom stereocenters. The van der Waals surface area contributed by atoms with Crippen molar-refractivity contribution in [3.8, 4) is 0 Å². The lowest BCUT2D eigenvalue weighted by atomic mass is 10.1. The smallest absolute Gasteiger partial charge is 0.117 e. The highest BCUT2D eigenvalue weighted by atomic mass is 35.5. The Morgan fingerprint density at radius 1 is 1.14 bits per heavy atom. The third-order valence-corrected chi connectivity index (χ3v) is 4.67. The summed E-state index contributed by atoms with van der Waals surface area (Å²) in [4.78, 5) is 9.50. The summed E-state index contributed by atoms with van der Waals surface area (Å²) in [6.07, 6.45) is 1.03. The number of aromatic nitrogens is 2. The molecule has 2 aromatic carbocycles. The summed E-state index contributed by atoms with van der Waals surface area (Å²) in [6.45, 7) is 1.72. The predicted octanol–water partition coefficient (Wildman–Crippen LogP) is 4.49. The molecule has 0 saturated heterocycles. The van der Waals surface area contributed by atoms with E-state index in [0.29, 0.717) is 5.02 Å². The van der Waals surface area contributed by atoms with E-state index in [1.54, 1.807) is 19.3 Å². The zero-order valence-corrected chi connectivity index (χ0v) is 12.9. The number of fused-ring (bicyclic) bond motifs is 1. The SMILES string of the molecule is C[C@@H](O)c1ccc(Sc2ncnc3ccccc23)c(Cl)c1. The number of para-hydroxylation sites is 1. The number of halogens is 1.